The Bertz CT molecular complexity index is 1250. The summed E-state index contributed by atoms with van der Waals surface area (Å²) < 4.78 is 1.76. The average Bonchev–Trinajstić information content (AvgIpc) is 3.26. The van der Waals surface area contributed by atoms with Gasteiger partial charge >= 0.3 is 0 Å². The molecule has 4 aromatic rings. The number of rotatable bonds is 8. The first-order valence-corrected chi connectivity index (χ1v) is 11.5. The van der Waals surface area contributed by atoms with Crippen molar-refractivity contribution >= 4 is 11.7 Å². The van der Waals surface area contributed by atoms with Gasteiger partial charge in [0.25, 0.3) is 0 Å². The summed E-state index contributed by atoms with van der Waals surface area (Å²) in [6.45, 7) is 6.86. The number of aromatic nitrogens is 3. The number of nitrogens with zero attached hydrogens (tertiary/aromatic N) is 3. The maximum absolute atomic E-state index is 13.3. The zero-order valence-corrected chi connectivity index (χ0v) is 20.1. The fourth-order valence-electron chi connectivity index (χ4n) is 4.01. The Kier molecular flexibility index (Phi) is 7.18. The molecule has 0 aliphatic rings. The van der Waals surface area contributed by atoms with Crippen LogP contribution in [0.15, 0.2) is 79.1 Å². The van der Waals surface area contributed by atoms with Crippen LogP contribution in [0.2, 0.25) is 0 Å². The topological polar surface area (TPSA) is 71.8 Å². The van der Waals surface area contributed by atoms with Crippen LogP contribution in [0.4, 0.5) is 5.82 Å². The second kappa shape index (κ2) is 10.4. The Labute approximate surface area is 201 Å². The van der Waals surface area contributed by atoms with E-state index in [-0.39, 0.29) is 11.8 Å². The number of benzene rings is 2. The lowest BCUT2D eigenvalue weighted by Crippen LogP contribution is -2.35. The van der Waals surface area contributed by atoms with Crippen molar-refractivity contribution in [3.63, 3.8) is 0 Å². The maximum atomic E-state index is 13.3. The van der Waals surface area contributed by atoms with Crippen molar-refractivity contribution < 1.29 is 4.79 Å². The molecule has 174 valence electrons. The lowest BCUT2D eigenvalue weighted by molar-refractivity contribution is -0.118. The molecule has 0 unspecified atom stereocenters. The minimum Gasteiger partial charge on any atom is -0.309 e. The van der Waals surface area contributed by atoms with Crippen LogP contribution in [0.1, 0.15) is 41.3 Å². The number of carbonyl (C=O) groups is 1. The van der Waals surface area contributed by atoms with Crippen LogP contribution in [-0.4, -0.2) is 27.2 Å². The largest absolute Gasteiger partial charge is 0.309 e. The van der Waals surface area contributed by atoms with E-state index in [4.69, 9.17) is 0 Å². The van der Waals surface area contributed by atoms with Gasteiger partial charge in [-0.15, -0.1) is 0 Å². The number of pyridine rings is 1. The first kappa shape index (κ1) is 23.4. The second-order valence-corrected chi connectivity index (χ2v) is 8.79. The van der Waals surface area contributed by atoms with E-state index in [1.54, 1.807) is 4.68 Å². The lowest BCUT2D eigenvalue weighted by atomic mass is 9.98. The molecule has 34 heavy (non-hydrogen) atoms. The zero-order chi connectivity index (χ0) is 24.1. The number of anilines is 1. The van der Waals surface area contributed by atoms with Crippen molar-refractivity contribution in [3.05, 3.63) is 102 Å². The summed E-state index contributed by atoms with van der Waals surface area (Å²) >= 11 is 0. The van der Waals surface area contributed by atoms with Gasteiger partial charge in [-0.2, -0.15) is 5.10 Å². The van der Waals surface area contributed by atoms with Crippen LogP contribution in [0.3, 0.4) is 0 Å². The van der Waals surface area contributed by atoms with E-state index in [9.17, 15) is 4.79 Å². The molecule has 6 heteroatoms. The SMILES string of the molecule is Cc1ccc([C@H](C)CN[C@H](C(=O)Nc2ccc(-c3cnn(C)c3)c(C)n2)c2ccccc2)cc1. The summed E-state index contributed by atoms with van der Waals surface area (Å²) in [5.41, 5.74) is 6.23. The number of nitrogens with one attached hydrogen (secondary N) is 2. The summed E-state index contributed by atoms with van der Waals surface area (Å²) in [5, 5.41) is 10.7. The fraction of sp³-hybridized carbons (Fsp3) is 0.250. The standard InChI is InChI=1S/C28H31N5O/c1-19-10-12-22(13-11-19)20(2)16-29-27(23-8-6-5-7-9-23)28(34)32-26-15-14-25(21(3)31-26)24-17-30-33(4)18-24/h5-15,17-18,20,27,29H,16H2,1-4H3,(H,31,32,34)/t20-,27+/m1/s1. The predicted octanol–water partition coefficient (Wildman–Crippen LogP) is 5.17. The molecule has 0 fully saturated rings. The van der Waals surface area contributed by atoms with Crippen LogP contribution in [0.25, 0.3) is 11.1 Å². The van der Waals surface area contributed by atoms with Gasteiger partial charge in [0.05, 0.1) is 6.20 Å². The van der Waals surface area contributed by atoms with Gasteiger partial charge in [-0.05, 0) is 43.0 Å². The third-order valence-electron chi connectivity index (χ3n) is 6.02. The van der Waals surface area contributed by atoms with Crippen molar-refractivity contribution in [2.75, 3.05) is 11.9 Å². The number of hydrogen-bond donors (Lipinski definition) is 2. The number of carbonyl (C=O) groups excluding carboxylic acids is 1. The molecule has 0 spiro atoms. The predicted molar refractivity (Wildman–Crippen MR) is 137 cm³/mol. The molecule has 0 saturated heterocycles. The van der Waals surface area contributed by atoms with Gasteiger partial charge in [-0.3, -0.25) is 9.48 Å². The van der Waals surface area contributed by atoms with Crippen molar-refractivity contribution in [1.29, 1.82) is 0 Å². The first-order chi connectivity index (χ1) is 16.4. The van der Waals surface area contributed by atoms with E-state index in [0.717, 1.165) is 22.4 Å². The highest BCUT2D eigenvalue weighted by molar-refractivity contribution is 5.95. The molecule has 2 N–H and O–H groups in total. The van der Waals surface area contributed by atoms with E-state index in [1.165, 1.54) is 11.1 Å². The third-order valence-corrected chi connectivity index (χ3v) is 6.02. The normalized spacial score (nSPS) is 12.8. The lowest BCUT2D eigenvalue weighted by Gasteiger charge is -2.21. The van der Waals surface area contributed by atoms with E-state index < -0.39 is 6.04 Å². The molecule has 0 aliphatic carbocycles. The van der Waals surface area contributed by atoms with Gasteiger partial charge in [0.15, 0.2) is 0 Å². The molecule has 1 amide bonds. The highest BCUT2D eigenvalue weighted by Crippen LogP contribution is 2.24. The van der Waals surface area contributed by atoms with E-state index in [0.29, 0.717) is 12.4 Å². The first-order valence-electron chi connectivity index (χ1n) is 11.5. The molecule has 0 bridgehead atoms. The minimum atomic E-state index is -0.491. The van der Waals surface area contributed by atoms with Crippen molar-refractivity contribution in [1.82, 2.24) is 20.1 Å². The van der Waals surface area contributed by atoms with Gasteiger partial charge in [-0.25, -0.2) is 4.98 Å². The zero-order valence-electron chi connectivity index (χ0n) is 20.1. The van der Waals surface area contributed by atoms with E-state index in [2.05, 4.69) is 58.8 Å². The summed E-state index contributed by atoms with van der Waals surface area (Å²) in [6, 6.07) is 21.7. The Morgan fingerprint density at radius 3 is 2.35 bits per heavy atom. The van der Waals surface area contributed by atoms with Crippen molar-refractivity contribution in [2.24, 2.45) is 7.05 Å². The summed E-state index contributed by atoms with van der Waals surface area (Å²) in [4.78, 5) is 18.0. The minimum absolute atomic E-state index is 0.136. The van der Waals surface area contributed by atoms with Crippen molar-refractivity contribution in [3.8, 4) is 11.1 Å². The summed E-state index contributed by atoms with van der Waals surface area (Å²) in [7, 11) is 1.89. The molecule has 2 aromatic heterocycles. The number of aryl methyl sites for hydroxylation is 3. The Balaban J connectivity index is 1.49. The van der Waals surface area contributed by atoms with Gasteiger partial charge < -0.3 is 10.6 Å². The smallest absolute Gasteiger partial charge is 0.247 e. The summed E-state index contributed by atoms with van der Waals surface area (Å²) in [5.74, 6) is 0.659. The number of hydrogen-bond acceptors (Lipinski definition) is 4. The molecular formula is C28H31N5O. The van der Waals surface area contributed by atoms with Crippen LogP contribution in [0.5, 0.6) is 0 Å². The van der Waals surface area contributed by atoms with Crippen molar-refractivity contribution in [2.45, 2.75) is 32.7 Å². The van der Waals surface area contributed by atoms with Gasteiger partial charge in [-0.1, -0.05) is 67.1 Å². The molecule has 2 aromatic carbocycles. The Hall–Kier alpha value is -3.77. The molecule has 0 radical (unpaired) electrons. The van der Waals surface area contributed by atoms with Crippen LogP contribution in [0, 0.1) is 13.8 Å². The van der Waals surface area contributed by atoms with Gasteiger partial charge in [0, 0.05) is 36.6 Å². The second-order valence-electron chi connectivity index (χ2n) is 8.79. The average molecular weight is 454 g/mol. The molecule has 2 heterocycles. The highest BCUT2D eigenvalue weighted by Gasteiger charge is 2.22. The fourth-order valence-corrected chi connectivity index (χ4v) is 4.01. The van der Waals surface area contributed by atoms with Gasteiger partial charge in [0.2, 0.25) is 5.91 Å². The highest BCUT2D eigenvalue weighted by atomic mass is 16.2. The van der Waals surface area contributed by atoms with Crippen LogP contribution >= 0.6 is 0 Å². The number of amides is 1. The van der Waals surface area contributed by atoms with Crippen LogP contribution < -0.4 is 10.6 Å². The molecule has 0 aliphatic heterocycles. The Morgan fingerprint density at radius 2 is 1.71 bits per heavy atom. The molecule has 2 atom stereocenters. The summed E-state index contributed by atoms with van der Waals surface area (Å²) in [6.07, 6.45) is 3.76. The third kappa shape index (κ3) is 5.58. The Morgan fingerprint density at radius 1 is 0.971 bits per heavy atom. The molecule has 6 nitrogen and oxygen atoms in total. The van der Waals surface area contributed by atoms with E-state index in [1.807, 2.05) is 68.8 Å². The molecule has 4 rings (SSSR count). The quantitative estimate of drug-likeness (QED) is 0.386. The molecular weight excluding hydrogens is 422 g/mol. The van der Waals surface area contributed by atoms with Gasteiger partial charge in [0.1, 0.15) is 11.9 Å². The monoisotopic (exact) mass is 453 g/mol. The van der Waals surface area contributed by atoms with E-state index >= 15 is 0 Å². The molecule has 0 saturated carbocycles. The maximum Gasteiger partial charge on any atom is 0.247 e. The van der Waals surface area contributed by atoms with Crippen LogP contribution in [-0.2, 0) is 11.8 Å².